The normalized spacial score (nSPS) is 11.6. The predicted octanol–water partition coefficient (Wildman–Crippen LogP) is 7.76. The van der Waals surface area contributed by atoms with Crippen LogP contribution in [0.1, 0.15) is 67.6 Å². The van der Waals surface area contributed by atoms with Crippen molar-refractivity contribution in [2.24, 2.45) is 0 Å². The van der Waals surface area contributed by atoms with Gasteiger partial charge >= 0.3 is 0 Å². The Bertz CT molecular complexity index is 933. The standard InChI is InChI=1S/C26H33N/c1-16(2)24-21(8)27(17(3)4)26(22-11-9-18(5)10-12-22)25(24)23-14-19(6)13-20(7)15-23/h9-17H,1-8H3. The molecule has 0 aliphatic rings. The molecular formula is C26H33N. The summed E-state index contributed by atoms with van der Waals surface area (Å²) in [6.45, 7) is 18.1. The van der Waals surface area contributed by atoms with Gasteiger partial charge < -0.3 is 4.57 Å². The number of hydrogen-bond acceptors (Lipinski definition) is 0. The van der Waals surface area contributed by atoms with E-state index in [1.807, 2.05) is 0 Å². The lowest BCUT2D eigenvalue weighted by Gasteiger charge is -2.17. The van der Waals surface area contributed by atoms with Crippen LogP contribution in [-0.2, 0) is 0 Å². The molecule has 0 aliphatic carbocycles. The molecule has 3 rings (SSSR count). The first-order valence-electron chi connectivity index (χ1n) is 10.1. The molecule has 0 spiro atoms. The van der Waals surface area contributed by atoms with Crippen molar-refractivity contribution in [2.45, 2.75) is 67.3 Å². The van der Waals surface area contributed by atoms with Gasteiger partial charge in [0.2, 0.25) is 0 Å². The Morgan fingerprint density at radius 2 is 1.22 bits per heavy atom. The van der Waals surface area contributed by atoms with E-state index in [1.165, 1.54) is 50.3 Å². The lowest BCUT2D eigenvalue weighted by molar-refractivity contribution is 0.591. The zero-order chi connectivity index (χ0) is 19.9. The SMILES string of the molecule is Cc1ccc(-c2c(-c3cc(C)cc(C)c3)c(C(C)C)c(C)n2C(C)C)cc1. The van der Waals surface area contributed by atoms with Crippen molar-refractivity contribution in [3.8, 4) is 22.4 Å². The number of aromatic nitrogens is 1. The van der Waals surface area contributed by atoms with Crippen LogP contribution in [0.25, 0.3) is 22.4 Å². The third-order valence-corrected chi connectivity index (χ3v) is 5.43. The number of hydrogen-bond donors (Lipinski definition) is 0. The molecule has 0 saturated carbocycles. The molecular weight excluding hydrogens is 326 g/mol. The Kier molecular flexibility index (Phi) is 5.33. The summed E-state index contributed by atoms with van der Waals surface area (Å²) in [6.07, 6.45) is 0. The average Bonchev–Trinajstić information content (AvgIpc) is 2.88. The Morgan fingerprint density at radius 3 is 1.70 bits per heavy atom. The van der Waals surface area contributed by atoms with Crippen LogP contribution in [-0.4, -0.2) is 4.57 Å². The smallest absolute Gasteiger partial charge is 0.0567 e. The van der Waals surface area contributed by atoms with E-state index >= 15 is 0 Å². The summed E-state index contributed by atoms with van der Waals surface area (Å²) in [6, 6.07) is 16.4. The molecule has 0 radical (unpaired) electrons. The fraction of sp³-hybridized carbons (Fsp3) is 0.385. The van der Waals surface area contributed by atoms with Crippen molar-refractivity contribution in [3.63, 3.8) is 0 Å². The van der Waals surface area contributed by atoms with E-state index in [-0.39, 0.29) is 0 Å². The summed E-state index contributed by atoms with van der Waals surface area (Å²) in [5.74, 6) is 0.477. The molecule has 1 heteroatoms. The molecule has 0 atom stereocenters. The molecule has 27 heavy (non-hydrogen) atoms. The second-order valence-corrected chi connectivity index (χ2v) is 8.58. The van der Waals surface area contributed by atoms with Gasteiger partial charge in [0.1, 0.15) is 0 Å². The summed E-state index contributed by atoms with van der Waals surface area (Å²) >= 11 is 0. The number of rotatable bonds is 4. The quantitative estimate of drug-likeness (QED) is 0.448. The topological polar surface area (TPSA) is 4.93 Å². The molecule has 0 unspecified atom stereocenters. The summed E-state index contributed by atoms with van der Waals surface area (Å²) < 4.78 is 2.53. The van der Waals surface area contributed by atoms with Gasteiger partial charge in [-0.1, -0.05) is 73.0 Å². The van der Waals surface area contributed by atoms with Crippen molar-refractivity contribution < 1.29 is 0 Å². The zero-order valence-corrected chi connectivity index (χ0v) is 18.1. The minimum atomic E-state index is 0.415. The molecule has 1 heterocycles. The van der Waals surface area contributed by atoms with Gasteiger partial charge in [0.25, 0.3) is 0 Å². The van der Waals surface area contributed by atoms with Gasteiger partial charge in [-0.3, -0.25) is 0 Å². The average molecular weight is 360 g/mol. The summed E-state index contributed by atoms with van der Waals surface area (Å²) in [5.41, 5.74) is 12.2. The second kappa shape index (κ2) is 7.38. The Morgan fingerprint density at radius 1 is 0.667 bits per heavy atom. The lowest BCUT2D eigenvalue weighted by Crippen LogP contribution is -2.05. The molecule has 0 saturated heterocycles. The van der Waals surface area contributed by atoms with E-state index in [0.29, 0.717) is 12.0 Å². The van der Waals surface area contributed by atoms with Crippen LogP contribution in [0.4, 0.5) is 0 Å². The highest BCUT2D eigenvalue weighted by molar-refractivity contribution is 5.86. The first-order valence-corrected chi connectivity index (χ1v) is 10.1. The highest BCUT2D eigenvalue weighted by Gasteiger charge is 2.25. The van der Waals surface area contributed by atoms with E-state index in [0.717, 1.165) is 0 Å². The Balaban J connectivity index is 2.45. The van der Waals surface area contributed by atoms with Gasteiger partial charge in [0, 0.05) is 17.3 Å². The van der Waals surface area contributed by atoms with Crippen LogP contribution in [0.2, 0.25) is 0 Å². The first-order chi connectivity index (χ1) is 12.7. The number of aryl methyl sites for hydroxylation is 3. The maximum absolute atomic E-state index is 2.53. The molecule has 1 aromatic heterocycles. The van der Waals surface area contributed by atoms with E-state index in [4.69, 9.17) is 0 Å². The Hall–Kier alpha value is -2.28. The molecule has 0 fully saturated rings. The van der Waals surface area contributed by atoms with Crippen LogP contribution in [0.5, 0.6) is 0 Å². The summed E-state index contributed by atoms with van der Waals surface area (Å²) in [5, 5.41) is 0. The minimum absolute atomic E-state index is 0.415. The second-order valence-electron chi connectivity index (χ2n) is 8.58. The third-order valence-electron chi connectivity index (χ3n) is 5.43. The molecule has 2 aromatic carbocycles. The molecule has 1 nitrogen and oxygen atoms in total. The van der Waals surface area contributed by atoms with Crippen LogP contribution < -0.4 is 0 Å². The highest BCUT2D eigenvalue weighted by Crippen LogP contribution is 2.44. The maximum atomic E-state index is 2.53. The van der Waals surface area contributed by atoms with Gasteiger partial charge in [-0.2, -0.15) is 0 Å². The van der Waals surface area contributed by atoms with Gasteiger partial charge in [0.05, 0.1) is 5.69 Å². The van der Waals surface area contributed by atoms with E-state index < -0.39 is 0 Å². The third kappa shape index (κ3) is 3.60. The van der Waals surface area contributed by atoms with Crippen LogP contribution >= 0.6 is 0 Å². The zero-order valence-electron chi connectivity index (χ0n) is 18.1. The minimum Gasteiger partial charge on any atom is -0.342 e. The number of benzene rings is 2. The molecule has 3 aromatic rings. The highest BCUT2D eigenvalue weighted by atomic mass is 15.0. The van der Waals surface area contributed by atoms with Gasteiger partial charge in [-0.25, -0.2) is 0 Å². The van der Waals surface area contributed by atoms with Gasteiger partial charge in [-0.05, 0) is 64.2 Å². The first kappa shape index (κ1) is 19.5. The van der Waals surface area contributed by atoms with Crippen molar-refractivity contribution in [1.29, 1.82) is 0 Å². The van der Waals surface area contributed by atoms with Crippen molar-refractivity contribution in [2.75, 3.05) is 0 Å². The Labute approximate surface area is 165 Å². The summed E-state index contributed by atoms with van der Waals surface area (Å²) in [7, 11) is 0. The monoisotopic (exact) mass is 359 g/mol. The van der Waals surface area contributed by atoms with Crippen LogP contribution in [0.3, 0.4) is 0 Å². The van der Waals surface area contributed by atoms with Gasteiger partial charge in [-0.15, -0.1) is 0 Å². The van der Waals surface area contributed by atoms with Crippen molar-refractivity contribution in [3.05, 3.63) is 70.4 Å². The van der Waals surface area contributed by atoms with Crippen LogP contribution in [0, 0.1) is 27.7 Å². The maximum Gasteiger partial charge on any atom is 0.0567 e. The fourth-order valence-corrected chi connectivity index (χ4v) is 4.48. The van der Waals surface area contributed by atoms with Crippen LogP contribution in [0.15, 0.2) is 42.5 Å². The fourth-order valence-electron chi connectivity index (χ4n) is 4.48. The van der Waals surface area contributed by atoms with E-state index in [1.54, 1.807) is 0 Å². The molecule has 0 aliphatic heterocycles. The van der Waals surface area contributed by atoms with E-state index in [2.05, 4.69) is 102 Å². The van der Waals surface area contributed by atoms with Crippen molar-refractivity contribution in [1.82, 2.24) is 4.57 Å². The molecule has 0 bridgehead atoms. The molecule has 142 valence electrons. The predicted molar refractivity (Wildman–Crippen MR) is 119 cm³/mol. The van der Waals surface area contributed by atoms with Crippen molar-refractivity contribution >= 4 is 0 Å². The summed E-state index contributed by atoms with van der Waals surface area (Å²) in [4.78, 5) is 0. The van der Waals surface area contributed by atoms with E-state index in [9.17, 15) is 0 Å². The van der Waals surface area contributed by atoms with Gasteiger partial charge in [0.15, 0.2) is 0 Å². The molecule has 0 N–H and O–H groups in total. The molecule has 0 amide bonds. The number of nitrogens with zero attached hydrogens (tertiary/aromatic N) is 1. The lowest BCUT2D eigenvalue weighted by atomic mass is 9.90. The largest absolute Gasteiger partial charge is 0.342 e.